The van der Waals surface area contributed by atoms with E-state index in [2.05, 4.69) is 43.4 Å². The van der Waals surface area contributed by atoms with Crippen LogP contribution >= 0.6 is 0 Å². The number of hydrogen-bond acceptors (Lipinski definition) is 3. The molecule has 4 aromatic rings. The highest BCUT2D eigenvalue weighted by Crippen LogP contribution is 2.52. The van der Waals surface area contributed by atoms with Gasteiger partial charge in [0.05, 0.1) is 16.5 Å². The van der Waals surface area contributed by atoms with Crippen LogP contribution in [0.15, 0.2) is 90.0 Å². The first kappa shape index (κ1) is 20.3. The van der Waals surface area contributed by atoms with E-state index in [0.717, 1.165) is 17.4 Å². The second-order valence-electron chi connectivity index (χ2n) is 9.18. The molecule has 4 nitrogen and oxygen atoms in total. The molecular weight excluding hydrogens is 428 g/mol. The van der Waals surface area contributed by atoms with Gasteiger partial charge in [-0.05, 0) is 61.1 Å². The Morgan fingerprint density at radius 3 is 2.45 bits per heavy atom. The standard InChI is InChI=1S/C28H26N2O2S/c1-18-15-16-19(2)27-26(18)22-12-8-13-23(22)28(29-27)24-17-30(25-14-7-6-11-21(24)25)33(31,32)20-9-4-3-5-10-20/h3-12,14-17,22-23,28-29H,13H2,1-2H3/t22-,23+,28-/m0/s1. The van der Waals surface area contributed by atoms with Crippen LogP contribution in [0.5, 0.6) is 0 Å². The molecule has 0 fully saturated rings. The summed E-state index contributed by atoms with van der Waals surface area (Å²) >= 11 is 0. The highest BCUT2D eigenvalue weighted by atomic mass is 32.2. The number of nitrogens with one attached hydrogen (secondary N) is 1. The fraction of sp³-hybridized carbons (Fsp3) is 0.214. The molecule has 3 atom stereocenters. The van der Waals surface area contributed by atoms with E-state index in [1.165, 1.54) is 26.4 Å². The molecule has 166 valence electrons. The van der Waals surface area contributed by atoms with Crippen LogP contribution < -0.4 is 5.32 Å². The Labute approximate surface area is 194 Å². The SMILES string of the molecule is Cc1ccc(C)c2c1N[C@H](c1cn(S(=O)(=O)c3ccccc3)c3ccccc13)[C@@H]1CC=C[C@H]21. The number of aryl methyl sites for hydroxylation is 2. The van der Waals surface area contributed by atoms with Gasteiger partial charge in [0.15, 0.2) is 0 Å². The van der Waals surface area contributed by atoms with Gasteiger partial charge in [-0.15, -0.1) is 0 Å². The van der Waals surface area contributed by atoms with Gasteiger partial charge in [0.25, 0.3) is 10.0 Å². The quantitative estimate of drug-likeness (QED) is 0.369. The first-order valence-corrected chi connectivity index (χ1v) is 12.8. The van der Waals surface area contributed by atoms with Crippen LogP contribution in [0.3, 0.4) is 0 Å². The number of allylic oxidation sites excluding steroid dienone is 2. The van der Waals surface area contributed by atoms with Gasteiger partial charge < -0.3 is 5.32 Å². The average molecular weight is 455 g/mol. The molecule has 0 amide bonds. The summed E-state index contributed by atoms with van der Waals surface area (Å²) in [5.41, 5.74) is 6.85. The number of anilines is 1. The highest BCUT2D eigenvalue weighted by Gasteiger charge is 2.40. The second kappa shape index (κ2) is 7.35. The van der Waals surface area contributed by atoms with Gasteiger partial charge in [0, 0.05) is 28.8 Å². The van der Waals surface area contributed by atoms with Crippen molar-refractivity contribution in [3.8, 4) is 0 Å². The molecule has 5 heteroatoms. The normalized spacial score (nSPS) is 21.6. The number of aromatic nitrogens is 1. The number of para-hydroxylation sites is 1. The first-order valence-electron chi connectivity index (χ1n) is 11.4. The third-order valence-electron chi connectivity index (χ3n) is 7.29. The summed E-state index contributed by atoms with van der Waals surface area (Å²) < 4.78 is 28.7. The maximum Gasteiger partial charge on any atom is 0.268 e. The summed E-state index contributed by atoms with van der Waals surface area (Å²) in [5, 5.41) is 4.82. The maximum absolute atomic E-state index is 13.6. The molecule has 2 heterocycles. The highest BCUT2D eigenvalue weighted by molar-refractivity contribution is 7.90. The van der Waals surface area contributed by atoms with Gasteiger partial charge in [-0.3, -0.25) is 0 Å². The Morgan fingerprint density at radius 1 is 0.909 bits per heavy atom. The lowest BCUT2D eigenvalue weighted by atomic mass is 9.75. The lowest BCUT2D eigenvalue weighted by Crippen LogP contribution is -2.30. The van der Waals surface area contributed by atoms with Crippen molar-refractivity contribution in [2.45, 2.75) is 37.1 Å². The lowest BCUT2D eigenvalue weighted by Gasteiger charge is -2.39. The van der Waals surface area contributed by atoms with Crippen molar-refractivity contribution in [2.75, 3.05) is 5.32 Å². The third kappa shape index (κ3) is 2.99. The van der Waals surface area contributed by atoms with E-state index in [4.69, 9.17) is 0 Å². The number of fused-ring (bicyclic) bond motifs is 4. The van der Waals surface area contributed by atoms with Crippen LogP contribution in [0.1, 0.15) is 40.6 Å². The van der Waals surface area contributed by atoms with Crippen molar-refractivity contribution in [1.29, 1.82) is 0 Å². The van der Waals surface area contributed by atoms with Crippen LogP contribution in [-0.2, 0) is 10.0 Å². The maximum atomic E-state index is 13.6. The van der Waals surface area contributed by atoms with E-state index < -0.39 is 10.0 Å². The molecule has 6 rings (SSSR count). The van der Waals surface area contributed by atoms with Gasteiger partial charge in [-0.1, -0.05) is 60.7 Å². The van der Waals surface area contributed by atoms with E-state index in [9.17, 15) is 8.42 Å². The van der Waals surface area contributed by atoms with E-state index in [0.29, 0.717) is 22.2 Å². The molecule has 1 aromatic heterocycles. The molecular formula is C28H26N2O2S. The monoisotopic (exact) mass is 454 g/mol. The fourth-order valence-corrected chi connectivity index (χ4v) is 7.08. The van der Waals surface area contributed by atoms with Crippen LogP contribution in [0.4, 0.5) is 5.69 Å². The second-order valence-corrected chi connectivity index (χ2v) is 11.0. The lowest BCUT2D eigenvalue weighted by molar-refractivity contribution is 0.425. The van der Waals surface area contributed by atoms with Gasteiger partial charge in [0.1, 0.15) is 0 Å². The molecule has 2 aliphatic rings. The third-order valence-corrected chi connectivity index (χ3v) is 8.98. The zero-order chi connectivity index (χ0) is 22.7. The van der Waals surface area contributed by atoms with Gasteiger partial charge >= 0.3 is 0 Å². The van der Waals surface area contributed by atoms with Crippen molar-refractivity contribution in [3.05, 3.63) is 107 Å². The predicted molar refractivity (Wildman–Crippen MR) is 133 cm³/mol. The van der Waals surface area contributed by atoms with Crippen molar-refractivity contribution in [3.63, 3.8) is 0 Å². The predicted octanol–water partition coefficient (Wildman–Crippen LogP) is 6.32. The molecule has 0 spiro atoms. The molecule has 0 radical (unpaired) electrons. The number of rotatable bonds is 3. The van der Waals surface area contributed by atoms with Crippen molar-refractivity contribution >= 4 is 26.6 Å². The zero-order valence-electron chi connectivity index (χ0n) is 18.7. The van der Waals surface area contributed by atoms with Crippen molar-refractivity contribution in [2.24, 2.45) is 5.92 Å². The summed E-state index contributed by atoms with van der Waals surface area (Å²) in [6.07, 6.45) is 7.43. The Bertz CT molecular complexity index is 1520. The molecule has 33 heavy (non-hydrogen) atoms. The van der Waals surface area contributed by atoms with Crippen LogP contribution in [0.2, 0.25) is 0 Å². The number of benzene rings is 3. The van der Waals surface area contributed by atoms with E-state index in [1.807, 2.05) is 36.5 Å². The Kier molecular flexibility index (Phi) is 4.53. The number of hydrogen-bond donors (Lipinski definition) is 1. The Morgan fingerprint density at radius 2 is 1.64 bits per heavy atom. The summed E-state index contributed by atoms with van der Waals surface area (Å²) in [4.78, 5) is 0.297. The summed E-state index contributed by atoms with van der Waals surface area (Å²) in [6.45, 7) is 4.33. The molecule has 0 bridgehead atoms. The van der Waals surface area contributed by atoms with Gasteiger partial charge in [-0.25, -0.2) is 12.4 Å². The minimum Gasteiger partial charge on any atom is -0.377 e. The minimum absolute atomic E-state index is 0.0233. The topological polar surface area (TPSA) is 51.1 Å². The summed E-state index contributed by atoms with van der Waals surface area (Å²) in [7, 11) is -3.71. The molecule has 0 saturated carbocycles. The van der Waals surface area contributed by atoms with Gasteiger partial charge in [-0.2, -0.15) is 0 Å². The van der Waals surface area contributed by atoms with Crippen LogP contribution in [0, 0.1) is 19.8 Å². The van der Waals surface area contributed by atoms with Crippen LogP contribution in [0.25, 0.3) is 10.9 Å². The minimum atomic E-state index is -3.71. The van der Waals surface area contributed by atoms with Crippen LogP contribution in [-0.4, -0.2) is 12.4 Å². The van der Waals surface area contributed by atoms with Crippen molar-refractivity contribution in [1.82, 2.24) is 3.97 Å². The summed E-state index contributed by atoms with van der Waals surface area (Å²) in [5.74, 6) is 0.677. The van der Waals surface area contributed by atoms with Crippen molar-refractivity contribution < 1.29 is 8.42 Å². The largest absolute Gasteiger partial charge is 0.377 e. The van der Waals surface area contributed by atoms with Gasteiger partial charge in [0.2, 0.25) is 0 Å². The molecule has 3 aromatic carbocycles. The first-order chi connectivity index (χ1) is 16.0. The molecule has 1 aliphatic carbocycles. The summed E-state index contributed by atoms with van der Waals surface area (Å²) in [6, 6.07) is 20.9. The van der Waals surface area contributed by atoms with E-state index in [1.54, 1.807) is 24.3 Å². The molecule has 1 N–H and O–H groups in total. The fourth-order valence-electron chi connectivity index (χ4n) is 5.68. The van der Waals surface area contributed by atoms with E-state index in [-0.39, 0.29) is 6.04 Å². The number of nitrogens with zero attached hydrogens (tertiary/aromatic N) is 1. The Hall–Kier alpha value is -3.31. The molecule has 1 aliphatic heterocycles. The molecule has 0 saturated heterocycles. The molecule has 0 unspecified atom stereocenters. The average Bonchev–Trinajstić information content (AvgIpc) is 3.47. The zero-order valence-corrected chi connectivity index (χ0v) is 19.5. The van der Waals surface area contributed by atoms with E-state index >= 15 is 0 Å². The Balaban J connectivity index is 1.56. The smallest absolute Gasteiger partial charge is 0.268 e.